The molecule has 0 unspecified atom stereocenters. The zero-order valence-electron chi connectivity index (χ0n) is 12.0. The van der Waals surface area contributed by atoms with E-state index in [-0.39, 0.29) is 25.2 Å². The maximum absolute atomic E-state index is 12.1. The second-order valence-corrected chi connectivity index (χ2v) is 6.09. The summed E-state index contributed by atoms with van der Waals surface area (Å²) >= 11 is 0. The first-order chi connectivity index (χ1) is 9.94. The van der Waals surface area contributed by atoms with E-state index in [4.69, 9.17) is 9.47 Å². The van der Waals surface area contributed by atoms with Gasteiger partial charge < -0.3 is 9.47 Å². The van der Waals surface area contributed by atoms with Crippen molar-refractivity contribution in [1.82, 2.24) is 0 Å². The summed E-state index contributed by atoms with van der Waals surface area (Å²) in [5.41, 5.74) is 0.597. The average molecular weight is 284 g/mol. The fourth-order valence-electron chi connectivity index (χ4n) is 2.23. The van der Waals surface area contributed by atoms with Crippen LogP contribution < -0.4 is 0 Å². The van der Waals surface area contributed by atoms with Crippen LogP contribution in [0.25, 0.3) is 10.8 Å². The molecule has 2 aromatic rings. The van der Waals surface area contributed by atoms with Gasteiger partial charge in [0.1, 0.15) is 0 Å². The average Bonchev–Trinajstić information content (AvgIpc) is 2.49. The largest absolute Gasteiger partial charge is 0.461 e. The van der Waals surface area contributed by atoms with Crippen molar-refractivity contribution in [1.29, 1.82) is 0 Å². The summed E-state index contributed by atoms with van der Waals surface area (Å²) in [6, 6.07) is 10.6. The molecule has 0 fully saturated rings. The van der Waals surface area contributed by atoms with Gasteiger partial charge in [-0.1, -0.05) is 26.0 Å². The van der Waals surface area contributed by atoms with Gasteiger partial charge in [0.05, 0.1) is 24.3 Å². The van der Waals surface area contributed by atoms with Gasteiger partial charge in [-0.05, 0) is 35.0 Å². The molecule has 3 aliphatic rings. The van der Waals surface area contributed by atoms with Gasteiger partial charge in [0.2, 0.25) is 0 Å². The third-order valence-corrected chi connectivity index (χ3v) is 3.50. The van der Waals surface area contributed by atoms with Gasteiger partial charge in [0.15, 0.2) is 0 Å². The minimum Gasteiger partial charge on any atom is -0.461 e. The van der Waals surface area contributed by atoms with Gasteiger partial charge in [0.25, 0.3) is 0 Å². The number of esters is 2. The van der Waals surface area contributed by atoms with E-state index in [2.05, 4.69) is 0 Å². The van der Waals surface area contributed by atoms with Crippen LogP contribution in [-0.4, -0.2) is 25.2 Å². The van der Waals surface area contributed by atoms with Crippen LogP contribution in [0, 0.1) is 5.41 Å². The Bertz CT molecular complexity index is 669. The lowest BCUT2D eigenvalue weighted by Crippen LogP contribution is -2.28. The molecule has 0 atom stereocenters. The molecule has 3 heterocycles. The molecule has 2 aromatic carbocycles. The first-order valence-corrected chi connectivity index (χ1v) is 6.83. The Labute approximate surface area is 122 Å². The first kappa shape index (κ1) is 13.6. The lowest BCUT2D eigenvalue weighted by atomic mass is 9.96. The van der Waals surface area contributed by atoms with Gasteiger partial charge in [-0.15, -0.1) is 0 Å². The minimum atomic E-state index is -0.426. The molecule has 5 rings (SSSR count). The van der Waals surface area contributed by atoms with Crippen molar-refractivity contribution in [3.05, 3.63) is 47.5 Å². The van der Waals surface area contributed by atoms with Crippen molar-refractivity contribution in [2.24, 2.45) is 5.41 Å². The van der Waals surface area contributed by atoms with E-state index in [0.717, 1.165) is 10.8 Å². The molecule has 0 N–H and O–H groups in total. The molecular weight excluding hydrogens is 268 g/mol. The van der Waals surface area contributed by atoms with E-state index in [1.807, 2.05) is 26.0 Å². The molecule has 0 saturated heterocycles. The fraction of sp³-hybridized carbons (Fsp3) is 0.294. The van der Waals surface area contributed by atoms with Gasteiger partial charge in [0, 0.05) is 5.41 Å². The highest BCUT2D eigenvalue weighted by atomic mass is 16.5. The van der Waals surface area contributed by atoms with Crippen LogP contribution in [0.2, 0.25) is 0 Å². The monoisotopic (exact) mass is 284 g/mol. The third-order valence-electron chi connectivity index (χ3n) is 3.50. The highest BCUT2D eigenvalue weighted by Gasteiger charge is 2.24. The molecular formula is C17H16O4. The molecule has 108 valence electrons. The number of fused-ring (bicyclic) bond motifs is 2. The molecule has 0 spiro atoms. The summed E-state index contributed by atoms with van der Waals surface area (Å²) in [6.07, 6.45) is 0. The quantitative estimate of drug-likeness (QED) is 0.697. The molecule has 4 nitrogen and oxygen atoms in total. The molecule has 4 heteroatoms. The van der Waals surface area contributed by atoms with Crippen LogP contribution in [-0.2, 0) is 9.47 Å². The smallest absolute Gasteiger partial charge is 0.338 e. The van der Waals surface area contributed by atoms with E-state index >= 15 is 0 Å². The molecule has 0 aliphatic carbocycles. The van der Waals surface area contributed by atoms with Crippen molar-refractivity contribution in [2.75, 3.05) is 13.2 Å². The Morgan fingerprint density at radius 3 is 1.67 bits per heavy atom. The number of hydrogen-bond donors (Lipinski definition) is 0. The van der Waals surface area contributed by atoms with Crippen molar-refractivity contribution in [3.63, 3.8) is 0 Å². The SMILES string of the molecule is CC1(C)COC(=O)c2ccc3cc(ccc3c2)C(=O)OC1. The van der Waals surface area contributed by atoms with Gasteiger partial charge >= 0.3 is 11.9 Å². The van der Waals surface area contributed by atoms with E-state index in [0.29, 0.717) is 11.1 Å². The number of rotatable bonds is 0. The van der Waals surface area contributed by atoms with Crippen molar-refractivity contribution >= 4 is 22.7 Å². The Balaban J connectivity index is 2.11. The van der Waals surface area contributed by atoms with Gasteiger partial charge in [-0.3, -0.25) is 0 Å². The normalized spacial score (nSPS) is 18.0. The molecule has 0 radical (unpaired) electrons. The highest BCUT2D eigenvalue weighted by molar-refractivity contribution is 5.99. The Hall–Kier alpha value is -2.36. The Kier molecular flexibility index (Phi) is 3.16. The fourth-order valence-corrected chi connectivity index (χ4v) is 2.23. The Morgan fingerprint density at radius 1 is 0.810 bits per heavy atom. The van der Waals surface area contributed by atoms with Gasteiger partial charge in [-0.25, -0.2) is 9.59 Å². The van der Waals surface area contributed by atoms with E-state index in [1.54, 1.807) is 24.3 Å². The number of benzene rings is 2. The highest BCUT2D eigenvalue weighted by Crippen LogP contribution is 2.23. The number of carbonyl (C=O) groups excluding carboxylic acids is 2. The molecule has 21 heavy (non-hydrogen) atoms. The van der Waals surface area contributed by atoms with Crippen LogP contribution in [0.1, 0.15) is 34.6 Å². The zero-order chi connectivity index (χ0) is 15.0. The van der Waals surface area contributed by atoms with Crippen molar-refractivity contribution in [3.8, 4) is 0 Å². The number of carbonyl (C=O) groups is 2. The summed E-state index contributed by atoms with van der Waals surface area (Å²) in [7, 11) is 0. The number of hydrogen-bond acceptors (Lipinski definition) is 4. The second-order valence-electron chi connectivity index (χ2n) is 6.09. The maximum atomic E-state index is 12.1. The summed E-state index contributed by atoms with van der Waals surface area (Å²) < 4.78 is 10.7. The Morgan fingerprint density at radius 2 is 1.24 bits per heavy atom. The van der Waals surface area contributed by atoms with E-state index in [1.165, 1.54) is 0 Å². The molecule has 0 aromatic heterocycles. The second kappa shape index (κ2) is 4.88. The van der Waals surface area contributed by atoms with E-state index < -0.39 is 5.41 Å². The standard InChI is InChI=1S/C17H16O4/c1-17(2)9-20-15(18)13-5-3-11-7-14(16(19)21-10-17)6-4-12(11)8-13/h3-8H,9-10H2,1-2H3. The van der Waals surface area contributed by atoms with Crippen LogP contribution in [0.15, 0.2) is 36.4 Å². The predicted molar refractivity (Wildman–Crippen MR) is 78.3 cm³/mol. The predicted octanol–water partition coefficient (Wildman–Crippen LogP) is 3.19. The lowest BCUT2D eigenvalue weighted by molar-refractivity contribution is 0.00622. The minimum absolute atomic E-state index is 0.197. The first-order valence-electron chi connectivity index (χ1n) is 6.83. The maximum Gasteiger partial charge on any atom is 0.338 e. The molecule has 4 bridgehead atoms. The van der Waals surface area contributed by atoms with Gasteiger partial charge in [-0.2, -0.15) is 0 Å². The van der Waals surface area contributed by atoms with Crippen molar-refractivity contribution < 1.29 is 19.1 Å². The zero-order valence-corrected chi connectivity index (χ0v) is 12.0. The molecule has 0 amide bonds. The summed E-state index contributed by atoms with van der Waals surface area (Å²) in [4.78, 5) is 24.2. The summed E-state index contributed by atoms with van der Waals surface area (Å²) in [5, 5.41) is 1.78. The summed E-state index contributed by atoms with van der Waals surface area (Å²) in [6.45, 7) is 4.17. The lowest BCUT2D eigenvalue weighted by Gasteiger charge is -2.23. The third kappa shape index (κ3) is 2.75. The number of ether oxygens (including phenoxy) is 2. The van der Waals surface area contributed by atoms with Crippen LogP contribution >= 0.6 is 0 Å². The topological polar surface area (TPSA) is 52.6 Å². The van der Waals surface area contributed by atoms with Crippen LogP contribution in [0.3, 0.4) is 0 Å². The molecule has 0 saturated carbocycles. The van der Waals surface area contributed by atoms with Crippen LogP contribution in [0.4, 0.5) is 0 Å². The van der Waals surface area contributed by atoms with Crippen molar-refractivity contribution in [2.45, 2.75) is 13.8 Å². The van der Waals surface area contributed by atoms with Crippen LogP contribution in [0.5, 0.6) is 0 Å². The van der Waals surface area contributed by atoms with E-state index in [9.17, 15) is 9.59 Å². The summed E-state index contributed by atoms with van der Waals surface area (Å²) in [5.74, 6) is -0.723. The molecule has 3 aliphatic heterocycles.